The van der Waals surface area contributed by atoms with Crippen LogP contribution in [0.25, 0.3) is 11.1 Å². The minimum atomic E-state index is -3.98. The SMILES string of the molecule is CCOC(=O)CC1c2cc(OC)ccc2-c2ccccc2N1S(=O)(=O)c1ccc(C)cc1. The summed E-state index contributed by atoms with van der Waals surface area (Å²) in [5.41, 5.74) is 3.83. The molecule has 1 aliphatic rings. The molecular formula is C25H25NO5S. The average molecular weight is 452 g/mol. The van der Waals surface area contributed by atoms with Crippen LogP contribution in [-0.4, -0.2) is 28.1 Å². The normalized spacial score (nSPS) is 15.0. The number of carbonyl (C=O) groups is 1. The van der Waals surface area contributed by atoms with Crippen LogP contribution < -0.4 is 9.04 Å². The highest BCUT2D eigenvalue weighted by Gasteiger charge is 2.40. The van der Waals surface area contributed by atoms with E-state index in [9.17, 15) is 13.2 Å². The fourth-order valence-corrected chi connectivity index (χ4v) is 5.72. The van der Waals surface area contributed by atoms with Gasteiger partial charge in [0.25, 0.3) is 10.0 Å². The van der Waals surface area contributed by atoms with Crippen molar-refractivity contribution >= 4 is 21.7 Å². The summed E-state index contributed by atoms with van der Waals surface area (Å²) < 4.78 is 39.8. The fraction of sp³-hybridized carbons (Fsp3) is 0.240. The molecule has 1 heterocycles. The van der Waals surface area contributed by atoms with E-state index in [2.05, 4.69) is 0 Å². The standard InChI is InChI=1S/C25H25NO5S/c1-4-31-25(27)16-24-22-15-18(30-3)11-14-20(22)21-7-5-6-8-23(21)26(24)32(28,29)19-12-9-17(2)10-13-19/h5-15,24H,4,16H2,1-3H3. The van der Waals surface area contributed by atoms with E-state index >= 15 is 0 Å². The van der Waals surface area contributed by atoms with Crippen molar-refractivity contribution in [2.45, 2.75) is 31.2 Å². The molecule has 0 saturated heterocycles. The number of ether oxygens (including phenoxy) is 2. The molecule has 0 radical (unpaired) electrons. The predicted molar refractivity (Wildman–Crippen MR) is 123 cm³/mol. The van der Waals surface area contributed by atoms with E-state index in [1.807, 2.05) is 31.2 Å². The first-order valence-electron chi connectivity index (χ1n) is 10.4. The van der Waals surface area contributed by atoms with Crippen LogP contribution >= 0.6 is 0 Å². The van der Waals surface area contributed by atoms with Gasteiger partial charge in [0.1, 0.15) is 5.75 Å². The summed E-state index contributed by atoms with van der Waals surface area (Å²) in [4.78, 5) is 12.7. The monoisotopic (exact) mass is 451 g/mol. The number of hydrogen-bond acceptors (Lipinski definition) is 5. The van der Waals surface area contributed by atoms with E-state index in [0.29, 0.717) is 17.0 Å². The molecule has 1 atom stereocenters. The lowest BCUT2D eigenvalue weighted by Crippen LogP contribution is -2.39. The molecule has 7 heteroatoms. The number of rotatable bonds is 6. The smallest absolute Gasteiger partial charge is 0.308 e. The molecule has 0 aliphatic carbocycles. The Morgan fingerprint density at radius 1 is 1.00 bits per heavy atom. The number of fused-ring (bicyclic) bond motifs is 3. The van der Waals surface area contributed by atoms with Gasteiger partial charge in [-0.3, -0.25) is 9.10 Å². The molecule has 0 fully saturated rings. The van der Waals surface area contributed by atoms with E-state index in [1.165, 1.54) is 4.31 Å². The number of aryl methyl sites for hydroxylation is 1. The summed E-state index contributed by atoms with van der Waals surface area (Å²) in [5, 5.41) is 0. The molecule has 3 aromatic carbocycles. The quantitative estimate of drug-likeness (QED) is 0.500. The number of esters is 1. The van der Waals surface area contributed by atoms with Gasteiger partial charge in [0, 0.05) is 5.56 Å². The minimum absolute atomic E-state index is 0.118. The van der Waals surface area contributed by atoms with Gasteiger partial charge in [-0.05, 0) is 55.3 Å². The lowest BCUT2D eigenvalue weighted by molar-refractivity contribution is -0.143. The van der Waals surface area contributed by atoms with Crippen LogP contribution in [0.3, 0.4) is 0 Å². The topological polar surface area (TPSA) is 72.9 Å². The van der Waals surface area contributed by atoms with Crippen LogP contribution in [0.2, 0.25) is 0 Å². The van der Waals surface area contributed by atoms with Crippen molar-refractivity contribution in [3.8, 4) is 16.9 Å². The number of para-hydroxylation sites is 1. The number of hydrogen-bond donors (Lipinski definition) is 0. The number of nitrogens with zero attached hydrogens (tertiary/aromatic N) is 1. The second-order valence-electron chi connectivity index (χ2n) is 7.61. The second kappa shape index (κ2) is 8.67. The Morgan fingerprint density at radius 2 is 1.72 bits per heavy atom. The highest BCUT2D eigenvalue weighted by Crippen LogP contribution is 2.49. The van der Waals surface area contributed by atoms with Crippen molar-refractivity contribution < 1.29 is 22.7 Å². The van der Waals surface area contributed by atoms with Gasteiger partial charge in [-0.15, -0.1) is 0 Å². The second-order valence-corrected chi connectivity index (χ2v) is 9.42. The van der Waals surface area contributed by atoms with Crippen molar-refractivity contribution in [1.29, 1.82) is 0 Å². The van der Waals surface area contributed by atoms with Crippen LogP contribution in [0.4, 0.5) is 5.69 Å². The molecule has 0 spiro atoms. The maximum Gasteiger partial charge on any atom is 0.308 e. The first-order chi connectivity index (χ1) is 15.4. The third-order valence-electron chi connectivity index (χ3n) is 5.58. The largest absolute Gasteiger partial charge is 0.497 e. The molecule has 3 aromatic rings. The Kier molecular flexibility index (Phi) is 5.93. The maximum atomic E-state index is 13.9. The zero-order chi connectivity index (χ0) is 22.9. The minimum Gasteiger partial charge on any atom is -0.497 e. The first-order valence-corrected chi connectivity index (χ1v) is 11.8. The van der Waals surface area contributed by atoms with Gasteiger partial charge in [0.05, 0.1) is 36.8 Å². The molecule has 0 saturated carbocycles. The van der Waals surface area contributed by atoms with Crippen molar-refractivity contribution in [2.75, 3.05) is 18.0 Å². The Morgan fingerprint density at radius 3 is 2.41 bits per heavy atom. The van der Waals surface area contributed by atoms with Gasteiger partial charge in [-0.1, -0.05) is 42.0 Å². The number of carbonyl (C=O) groups excluding carboxylic acids is 1. The average Bonchev–Trinajstić information content (AvgIpc) is 2.79. The first kappa shape index (κ1) is 21.9. The molecule has 32 heavy (non-hydrogen) atoms. The molecule has 4 rings (SSSR count). The zero-order valence-electron chi connectivity index (χ0n) is 18.2. The van der Waals surface area contributed by atoms with E-state index < -0.39 is 22.0 Å². The van der Waals surface area contributed by atoms with E-state index in [0.717, 1.165) is 16.7 Å². The van der Waals surface area contributed by atoms with Crippen LogP contribution in [0.5, 0.6) is 5.75 Å². The summed E-state index contributed by atoms with van der Waals surface area (Å²) in [6, 6.07) is 18.8. The molecule has 0 amide bonds. The molecule has 6 nitrogen and oxygen atoms in total. The van der Waals surface area contributed by atoms with Crippen LogP contribution in [0.15, 0.2) is 71.6 Å². The van der Waals surface area contributed by atoms with Gasteiger partial charge in [-0.25, -0.2) is 8.42 Å². The third kappa shape index (κ3) is 3.84. The summed E-state index contributed by atoms with van der Waals surface area (Å²) in [7, 11) is -2.42. The lowest BCUT2D eigenvalue weighted by atomic mass is 9.88. The Labute approximate surface area is 188 Å². The van der Waals surface area contributed by atoms with E-state index in [4.69, 9.17) is 9.47 Å². The van der Waals surface area contributed by atoms with Gasteiger partial charge in [-0.2, -0.15) is 0 Å². The Bertz CT molecular complexity index is 1250. The number of anilines is 1. The number of benzene rings is 3. The van der Waals surface area contributed by atoms with E-state index in [-0.39, 0.29) is 17.9 Å². The number of methoxy groups -OCH3 is 1. The van der Waals surface area contributed by atoms with Crippen molar-refractivity contribution in [1.82, 2.24) is 0 Å². The van der Waals surface area contributed by atoms with Crippen molar-refractivity contribution in [2.24, 2.45) is 0 Å². The predicted octanol–water partition coefficient (Wildman–Crippen LogP) is 4.87. The van der Waals surface area contributed by atoms with Crippen molar-refractivity contribution in [3.05, 3.63) is 77.9 Å². The summed E-state index contributed by atoms with van der Waals surface area (Å²) in [5.74, 6) is 0.124. The zero-order valence-corrected chi connectivity index (χ0v) is 19.1. The van der Waals surface area contributed by atoms with Gasteiger partial charge in [0.2, 0.25) is 0 Å². The lowest BCUT2D eigenvalue weighted by Gasteiger charge is -2.39. The molecule has 166 valence electrons. The fourth-order valence-electron chi connectivity index (χ4n) is 4.07. The maximum absolute atomic E-state index is 13.9. The van der Waals surface area contributed by atoms with Crippen LogP contribution in [-0.2, 0) is 19.6 Å². The van der Waals surface area contributed by atoms with Gasteiger partial charge in [0.15, 0.2) is 0 Å². The molecule has 0 N–H and O–H groups in total. The summed E-state index contributed by atoms with van der Waals surface area (Å²) in [6.07, 6.45) is -0.118. The molecule has 0 bridgehead atoms. The third-order valence-corrected chi connectivity index (χ3v) is 7.41. The van der Waals surface area contributed by atoms with E-state index in [1.54, 1.807) is 56.5 Å². The van der Waals surface area contributed by atoms with Crippen LogP contribution in [0, 0.1) is 6.92 Å². The van der Waals surface area contributed by atoms with Crippen molar-refractivity contribution in [3.63, 3.8) is 0 Å². The molecule has 0 aromatic heterocycles. The highest BCUT2D eigenvalue weighted by atomic mass is 32.2. The van der Waals surface area contributed by atoms with Gasteiger partial charge < -0.3 is 9.47 Å². The van der Waals surface area contributed by atoms with Crippen LogP contribution in [0.1, 0.15) is 30.5 Å². The molecule has 1 aliphatic heterocycles. The Balaban J connectivity index is 1.96. The summed E-state index contributed by atoms with van der Waals surface area (Å²) >= 11 is 0. The Hall–Kier alpha value is -3.32. The van der Waals surface area contributed by atoms with Gasteiger partial charge >= 0.3 is 5.97 Å². The molecular weight excluding hydrogens is 426 g/mol. The molecule has 1 unspecified atom stereocenters. The summed E-state index contributed by atoms with van der Waals surface area (Å²) in [6.45, 7) is 3.85. The highest BCUT2D eigenvalue weighted by molar-refractivity contribution is 7.92. The number of sulfonamides is 1.